The van der Waals surface area contributed by atoms with Gasteiger partial charge in [0.25, 0.3) is 0 Å². The standard InChI is InChI=1S/C44H55N3O8/c1-46-17-14-30-23-38(51-5)40-25-34(30)35(46)20-28-8-11-33(12-9-28)54-39-22-29(10-13-37(39)50-4)21-36-42-31(15-18-47(36)2)24-41(52-6)43(44(42)55-40)53-27-32(48)26-45-16-7-19-49-3/h8-13,22-25,32,35-36,45,48H,7,14-21,26-27H2,1-6H3. The smallest absolute Gasteiger partial charge is 0.204 e. The zero-order valence-electron chi connectivity index (χ0n) is 33.0. The van der Waals surface area contributed by atoms with Crippen LogP contribution < -0.4 is 33.7 Å². The Morgan fingerprint density at radius 2 is 1.44 bits per heavy atom. The molecule has 0 saturated heterocycles. The summed E-state index contributed by atoms with van der Waals surface area (Å²) in [7, 11) is 11.0. The van der Waals surface area contributed by atoms with Crippen LogP contribution in [0.5, 0.6) is 46.0 Å². The second-order valence-electron chi connectivity index (χ2n) is 14.8. The van der Waals surface area contributed by atoms with Gasteiger partial charge >= 0.3 is 0 Å². The summed E-state index contributed by atoms with van der Waals surface area (Å²) in [5, 5.41) is 14.3. The summed E-state index contributed by atoms with van der Waals surface area (Å²) >= 11 is 0. The number of rotatable bonds is 12. The molecule has 6 bridgehead atoms. The minimum Gasteiger partial charge on any atom is -0.493 e. The fourth-order valence-electron chi connectivity index (χ4n) is 8.07. The van der Waals surface area contributed by atoms with Crippen molar-refractivity contribution in [3.63, 3.8) is 0 Å². The molecule has 0 spiro atoms. The number of likely N-dealkylation sites (N-methyl/N-ethyl adjacent to an activating group) is 2. The van der Waals surface area contributed by atoms with Gasteiger partial charge in [0, 0.05) is 51.0 Å². The maximum absolute atomic E-state index is 11.1. The highest BCUT2D eigenvalue weighted by Gasteiger charge is 2.35. The number of aliphatic hydroxyl groups is 1. The van der Waals surface area contributed by atoms with E-state index in [1.807, 2.05) is 18.2 Å². The maximum Gasteiger partial charge on any atom is 0.204 e. The second kappa shape index (κ2) is 17.5. The first-order valence-corrected chi connectivity index (χ1v) is 19.3. The molecule has 4 heterocycles. The quantitative estimate of drug-likeness (QED) is 0.155. The van der Waals surface area contributed by atoms with Gasteiger partial charge in [0.1, 0.15) is 18.5 Å². The van der Waals surface area contributed by atoms with Gasteiger partial charge in [0.15, 0.2) is 34.5 Å². The average molecular weight is 754 g/mol. The highest BCUT2D eigenvalue weighted by molar-refractivity contribution is 5.64. The van der Waals surface area contributed by atoms with Crippen molar-refractivity contribution in [3.8, 4) is 46.0 Å². The van der Waals surface area contributed by atoms with E-state index in [9.17, 15) is 5.11 Å². The molecular formula is C44H55N3O8. The number of aliphatic hydroxyl groups excluding tert-OH is 1. The first-order valence-electron chi connectivity index (χ1n) is 19.3. The number of hydrogen-bond donors (Lipinski definition) is 2. The fraction of sp³-hybridized carbons (Fsp3) is 0.455. The lowest BCUT2D eigenvalue weighted by molar-refractivity contribution is 0.102. The fourth-order valence-corrected chi connectivity index (χ4v) is 8.07. The van der Waals surface area contributed by atoms with Crippen LogP contribution >= 0.6 is 0 Å². The lowest BCUT2D eigenvalue weighted by Gasteiger charge is -2.37. The molecule has 3 unspecified atom stereocenters. The van der Waals surface area contributed by atoms with Crippen molar-refractivity contribution in [3.05, 3.63) is 94.0 Å². The zero-order chi connectivity index (χ0) is 38.5. The lowest BCUT2D eigenvalue weighted by atomic mass is 9.87. The Balaban J connectivity index is 1.38. The van der Waals surface area contributed by atoms with Crippen LogP contribution in [0.25, 0.3) is 0 Å². The van der Waals surface area contributed by atoms with Crippen LogP contribution in [0.1, 0.15) is 51.9 Å². The van der Waals surface area contributed by atoms with Crippen molar-refractivity contribution in [2.75, 3.05) is 81.9 Å². The number of hydrogen-bond acceptors (Lipinski definition) is 11. The number of methoxy groups -OCH3 is 4. The Kier molecular flexibility index (Phi) is 12.3. The van der Waals surface area contributed by atoms with Crippen LogP contribution in [0.15, 0.2) is 60.7 Å². The van der Waals surface area contributed by atoms with Crippen LogP contribution in [0.3, 0.4) is 0 Å². The van der Waals surface area contributed by atoms with Gasteiger partial charge < -0.3 is 43.6 Å². The molecule has 8 rings (SSSR count). The largest absolute Gasteiger partial charge is 0.493 e. The number of fused-ring (bicyclic) bond motifs is 2. The molecule has 0 aliphatic carbocycles. The Bertz CT molecular complexity index is 1940. The average Bonchev–Trinajstić information content (AvgIpc) is 3.19. The SMILES string of the molecule is COCCCNCC(O)COc1c(OC)cc2c3c1Oc1cc4c(cc1OC)CCN(C)C4Cc1ccc(cc1)Oc1cc(ccc1OC)CC3N(C)CC2. The Hall–Kier alpha value is -4.52. The van der Waals surface area contributed by atoms with Gasteiger partial charge in [0.2, 0.25) is 5.75 Å². The van der Waals surface area contributed by atoms with Gasteiger partial charge in [-0.1, -0.05) is 18.2 Å². The molecule has 55 heavy (non-hydrogen) atoms. The molecule has 0 saturated carbocycles. The van der Waals surface area contributed by atoms with E-state index >= 15 is 0 Å². The number of ether oxygens (including phenoxy) is 7. The van der Waals surface area contributed by atoms with E-state index in [0.717, 1.165) is 67.8 Å². The molecule has 11 nitrogen and oxygen atoms in total. The van der Waals surface area contributed by atoms with Gasteiger partial charge in [-0.05, 0) is 123 Å². The molecule has 4 aromatic carbocycles. The number of benzene rings is 4. The Morgan fingerprint density at radius 1 is 0.764 bits per heavy atom. The molecule has 3 atom stereocenters. The molecule has 4 aliphatic rings. The highest BCUT2D eigenvalue weighted by Crippen LogP contribution is 2.52. The minimum absolute atomic E-state index is 0.0368. The first kappa shape index (κ1) is 38.7. The zero-order valence-corrected chi connectivity index (χ0v) is 33.0. The van der Waals surface area contributed by atoms with Crippen LogP contribution in [0.4, 0.5) is 0 Å². The van der Waals surface area contributed by atoms with Crippen molar-refractivity contribution in [2.24, 2.45) is 0 Å². The normalized spacial score (nSPS) is 18.6. The molecule has 0 aromatic heterocycles. The summed E-state index contributed by atoms with van der Waals surface area (Å²) in [5.41, 5.74) is 6.86. The van der Waals surface area contributed by atoms with Crippen molar-refractivity contribution in [1.82, 2.24) is 15.1 Å². The first-order chi connectivity index (χ1) is 26.8. The topological polar surface area (TPSA) is 103 Å². The van der Waals surface area contributed by atoms with E-state index in [1.54, 1.807) is 28.4 Å². The predicted molar refractivity (Wildman–Crippen MR) is 212 cm³/mol. The molecule has 2 N–H and O–H groups in total. The van der Waals surface area contributed by atoms with Crippen molar-refractivity contribution < 1.29 is 38.3 Å². The molecule has 11 heteroatoms. The van der Waals surface area contributed by atoms with Gasteiger partial charge in [-0.15, -0.1) is 0 Å². The summed E-state index contributed by atoms with van der Waals surface area (Å²) in [4.78, 5) is 4.77. The predicted octanol–water partition coefficient (Wildman–Crippen LogP) is 6.52. The van der Waals surface area contributed by atoms with Gasteiger partial charge in [-0.25, -0.2) is 0 Å². The summed E-state index contributed by atoms with van der Waals surface area (Å²) < 4.78 is 43.3. The van der Waals surface area contributed by atoms with Crippen LogP contribution in [0, 0.1) is 0 Å². The van der Waals surface area contributed by atoms with Crippen LogP contribution in [-0.2, 0) is 30.4 Å². The maximum atomic E-state index is 11.1. The van der Waals surface area contributed by atoms with E-state index in [4.69, 9.17) is 33.2 Å². The van der Waals surface area contributed by atoms with Crippen molar-refractivity contribution in [2.45, 2.75) is 50.3 Å². The molecule has 4 aliphatic heterocycles. The van der Waals surface area contributed by atoms with E-state index in [1.165, 1.54) is 16.7 Å². The third-order valence-electron chi connectivity index (χ3n) is 11.1. The third-order valence-corrected chi connectivity index (χ3v) is 11.1. The van der Waals surface area contributed by atoms with E-state index in [-0.39, 0.29) is 18.7 Å². The minimum atomic E-state index is -0.769. The van der Waals surface area contributed by atoms with Crippen LogP contribution in [-0.4, -0.2) is 103 Å². The Morgan fingerprint density at radius 3 is 2.18 bits per heavy atom. The third kappa shape index (κ3) is 8.51. The number of nitrogens with one attached hydrogen (secondary N) is 1. The second-order valence-corrected chi connectivity index (χ2v) is 14.8. The summed E-state index contributed by atoms with van der Waals surface area (Å²) in [6.45, 7) is 3.56. The van der Waals surface area contributed by atoms with Crippen molar-refractivity contribution in [1.29, 1.82) is 0 Å². The van der Waals surface area contributed by atoms with E-state index in [2.05, 4.69) is 71.7 Å². The molecular weight excluding hydrogens is 698 g/mol. The summed E-state index contributed by atoms with van der Waals surface area (Å²) in [6.07, 6.45) is 3.24. The van der Waals surface area contributed by atoms with E-state index < -0.39 is 6.10 Å². The van der Waals surface area contributed by atoms with Gasteiger partial charge in [-0.3, -0.25) is 9.80 Å². The van der Waals surface area contributed by atoms with E-state index in [0.29, 0.717) is 59.8 Å². The Labute approximate surface area is 325 Å². The highest BCUT2D eigenvalue weighted by atomic mass is 16.6. The summed E-state index contributed by atoms with van der Waals surface area (Å²) in [6, 6.07) is 20.9. The molecule has 0 amide bonds. The molecule has 294 valence electrons. The lowest BCUT2D eigenvalue weighted by Crippen LogP contribution is -2.34. The molecule has 4 aromatic rings. The van der Waals surface area contributed by atoms with Crippen molar-refractivity contribution >= 4 is 0 Å². The number of nitrogens with zero attached hydrogens (tertiary/aromatic N) is 2. The monoisotopic (exact) mass is 753 g/mol. The van der Waals surface area contributed by atoms with Crippen LogP contribution in [0.2, 0.25) is 0 Å². The summed E-state index contributed by atoms with van der Waals surface area (Å²) in [5.74, 6) is 4.89. The molecule has 0 fully saturated rings. The van der Waals surface area contributed by atoms with Gasteiger partial charge in [0.05, 0.1) is 21.3 Å². The molecule has 0 radical (unpaired) electrons. The van der Waals surface area contributed by atoms with Gasteiger partial charge in [-0.2, -0.15) is 0 Å².